The van der Waals surface area contributed by atoms with Crippen LogP contribution in [0.25, 0.3) is 0 Å². The Kier molecular flexibility index (Phi) is 4.57. The monoisotopic (exact) mass is 236 g/mol. The fourth-order valence-corrected chi connectivity index (χ4v) is 2.59. The fourth-order valence-electron chi connectivity index (χ4n) is 2.59. The molecule has 96 valence electrons. The van der Waals surface area contributed by atoms with Gasteiger partial charge in [0.1, 0.15) is 0 Å². The number of aryl methyl sites for hydroxylation is 1. The Morgan fingerprint density at radius 1 is 1.53 bits per heavy atom. The number of hydrogen-bond donors (Lipinski definition) is 1. The van der Waals surface area contributed by atoms with Crippen molar-refractivity contribution in [1.29, 1.82) is 0 Å². The topological polar surface area (TPSA) is 33.1 Å². The Morgan fingerprint density at radius 3 is 3.00 bits per heavy atom. The molecule has 1 fully saturated rings. The number of hydrogen-bond acceptors (Lipinski definition) is 3. The zero-order chi connectivity index (χ0) is 12.1. The van der Waals surface area contributed by atoms with Crippen molar-refractivity contribution >= 4 is 0 Å². The molecule has 0 aliphatic carbocycles. The Labute approximate surface area is 104 Å². The van der Waals surface area contributed by atoms with E-state index in [4.69, 9.17) is 0 Å². The molecule has 0 bridgehead atoms. The summed E-state index contributed by atoms with van der Waals surface area (Å²) in [5.74, 6) is 0. The Hall–Kier alpha value is -0.870. The summed E-state index contributed by atoms with van der Waals surface area (Å²) in [6.07, 6.45) is 7.76. The molecule has 0 spiro atoms. The summed E-state index contributed by atoms with van der Waals surface area (Å²) in [7, 11) is 1.98. The first-order valence-electron chi connectivity index (χ1n) is 6.72. The van der Waals surface area contributed by atoms with E-state index >= 15 is 0 Å². The van der Waals surface area contributed by atoms with Gasteiger partial charge in [-0.1, -0.05) is 6.92 Å². The molecule has 1 unspecified atom stereocenters. The maximum Gasteiger partial charge on any atom is 0.0522 e. The number of rotatable bonds is 6. The quantitative estimate of drug-likeness (QED) is 0.801. The molecule has 1 aromatic heterocycles. The van der Waals surface area contributed by atoms with Crippen LogP contribution in [0.5, 0.6) is 0 Å². The highest BCUT2D eigenvalue weighted by molar-refractivity contribution is 5.04. The second-order valence-corrected chi connectivity index (χ2v) is 4.95. The van der Waals surface area contributed by atoms with E-state index in [2.05, 4.69) is 28.4 Å². The van der Waals surface area contributed by atoms with Gasteiger partial charge in [-0.05, 0) is 37.9 Å². The highest BCUT2D eigenvalue weighted by Gasteiger charge is 2.21. The molecule has 2 rings (SSSR count). The van der Waals surface area contributed by atoms with Gasteiger partial charge in [-0.25, -0.2) is 0 Å². The number of nitrogens with one attached hydrogen (secondary N) is 1. The third-order valence-electron chi connectivity index (χ3n) is 3.51. The van der Waals surface area contributed by atoms with Crippen LogP contribution in [0.3, 0.4) is 0 Å². The lowest BCUT2D eigenvalue weighted by Gasteiger charge is -2.27. The largest absolute Gasteiger partial charge is 0.315 e. The fraction of sp³-hybridized carbons (Fsp3) is 0.769. The van der Waals surface area contributed by atoms with Crippen molar-refractivity contribution in [1.82, 2.24) is 20.0 Å². The van der Waals surface area contributed by atoms with Crippen LogP contribution in [-0.4, -0.2) is 46.9 Å². The highest BCUT2D eigenvalue weighted by Crippen LogP contribution is 2.10. The van der Waals surface area contributed by atoms with E-state index in [1.165, 1.54) is 31.5 Å². The summed E-state index contributed by atoms with van der Waals surface area (Å²) in [5, 5.41) is 7.68. The molecule has 1 aromatic rings. The number of aromatic nitrogens is 2. The Morgan fingerprint density at radius 2 is 2.41 bits per heavy atom. The summed E-state index contributed by atoms with van der Waals surface area (Å²) in [4.78, 5) is 2.63. The van der Waals surface area contributed by atoms with E-state index < -0.39 is 0 Å². The molecule has 2 heterocycles. The zero-order valence-electron chi connectivity index (χ0n) is 11.0. The lowest BCUT2D eigenvalue weighted by Crippen LogP contribution is -2.38. The molecule has 1 aliphatic heterocycles. The molecule has 0 amide bonds. The second-order valence-electron chi connectivity index (χ2n) is 4.95. The highest BCUT2D eigenvalue weighted by atomic mass is 15.2. The van der Waals surface area contributed by atoms with Crippen LogP contribution >= 0.6 is 0 Å². The maximum atomic E-state index is 4.22. The molecule has 1 N–H and O–H groups in total. The third-order valence-corrected chi connectivity index (χ3v) is 3.51. The van der Waals surface area contributed by atoms with Gasteiger partial charge in [0.25, 0.3) is 0 Å². The standard InChI is InChI=1S/C13H24N4/c1-3-7-17(13-4-6-14-10-13)8-5-12-9-15-16(2)11-12/h9,11,13-14H,3-8,10H2,1-2H3. The van der Waals surface area contributed by atoms with Crippen molar-refractivity contribution in [2.75, 3.05) is 26.2 Å². The zero-order valence-corrected chi connectivity index (χ0v) is 11.0. The van der Waals surface area contributed by atoms with E-state index in [-0.39, 0.29) is 0 Å². The van der Waals surface area contributed by atoms with Crippen LogP contribution in [0.2, 0.25) is 0 Å². The molecule has 4 heteroatoms. The SMILES string of the molecule is CCCN(CCc1cnn(C)c1)C1CCNC1. The number of nitrogens with zero attached hydrogens (tertiary/aromatic N) is 3. The van der Waals surface area contributed by atoms with Crippen LogP contribution in [0.4, 0.5) is 0 Å². The van der Waals surface area contributed by atoms with Gasteiger partial charge in [-0.3, -0.25) is 9.58 Å². The second kappa shape index (κ2) is 6.17. The summed E-state index contributed by atoms with van der Waals surface area (Å²) in [5.41, 5.74) is 1.35. The lowest BCUT2D eigenvalue weighted by atomic mass is 10.1. The average molecular weight is 236 g/mol. The van der Waals surface area contributed by atoms with E-state index in [1.807, 2.05) is 17.9 Å². The van der Waals surface area contributed by atoms with Gasteiger partial charge >= 0.3 is 0 Å². The van der Waals surface area contributed by atoms with Crippen LogP contribution < -0.4 is 5.32 Å². The predicted molar refractivity (Wildman–Crippen MR) is 70.1 cm³/mol. The molecule has 1 saturated heterocycles. The minimum absolute atomic E-state index is 0.742. The maximum absolute atomic E-state index is 4.22. The molecule has 17 heavy (non-hydrogen) atoms. The van der Waals surface area contributed by atoms with Gasteiger partial charge in [0.2, 0.25) is 0 Å². The van der Waals surface area contributed by atoms with Crippen molar-refractivity contribution in [2.45, 2.75) is 32.2 Å². The summed E-state index contributed by atoms with van der Waals surface area (Å²) in [6.45, 7) is 6.97. The molecule has 0 saturated carbocycles. The van der Waals surface area contributed by atoms with E-state index in [0.717, 1.165) is 25.6 Å². The smallest absolute Gasteiger partial charge is 0.0522 e. The molecular weight excluding hydrogens is 212 g/mol. The van der Waals surface area contributed by atoms with Gasteiger partial charge in [-0.2, -0.15) is 5.10 Å². The molecule has 0 aromatic carbocycles. The summed E-state index contributed by atoms with van der Waals surface area (Å²) >= 11 is 0. The van der Waals surface area contributed by atoms with Gasteiger partial charge in [0.15, 0.2) is 0 Å². The van der Waals surface area contributed by atoms with Crippen LogP contribution in [0.15, 0.2) is 12.4 Å². The Balaban J connectivity index is 1.84. The molecule has 1 aliphatic rings. The van der Waals surface area contributed by atoms with Crippen molar-refractivity contribution in [3.8, 4) is 0 Å². The summed E-state index contributed by atoms with van der Waals surface area (Å²) < 4.78 is 1.89. The molecular formula is C13H24N4. The molecule has 0 radical (unpaired) electrons. The first-order chi connectivity index (χ1) is 8.29. The molecule has 1 atom stereocenters. The van der Waals surface area contributed by atoms with Gasteiger partial charge in [0, 0.05) is 32.4 Å². The molecule has 4 nitrogen and oxygen atoms in total. The first kappa shape index (κ1) is 12.6. The van der Waals surface area contributed by atoms with Crippen LogP contribution in [-0.2, 0) is 13.5 Å². The van der Waals surface area contributed by atoms with E-state index in [0.29, 0.717) is 0 Å². The minimum Gasteiger partial charge on any atom is -0.315 e. The van der Waals surface area contributed by atoms with Crippen molar-refractivity contribution < 1.29 is 0 Å². The first-order valence-corrected chi connectivity index (χ1v) is 6.72. The van der Waals surface area contributed by atoms with Crippen molar-refractivity contribution in [3.63, 3.8) is 0 Å². The van der Waals surface area contributed by atoms with Gasteiger partial charge in [0.05, 0.1) is 6.20 Å². The van der Waals surface area contributed by atoms with Gasteiger partial charge in [-0.15, -0.1) is 0 Å². The van der Waals surface area contributed by atoms with Gasteiger partial charge < -0.3 is 5.32 Å². The van der Waals surface area contributed by atoms with Crippen molar-refractivity contribution in [3.05, 3.63) is 18.0 Å². The normalized spacial score (nSPS) is 20.3. The van der Waals surface area contributed by atoms with Crippen LogP contribution in [0.1, 0.15) is 25.3 Å². The van der Waals surface area contributed by atoms with Crippen molar-refractivity contribution in [2.24, 2.45) is 7.05 Å². The van der Waals surface area contributed by atoms with E-state index in [9.17, 15) is 0 Å². The Bertz CT molecular complexity index is 328. The van der Waals surface area contributed by atoms with Crippen LogP contribution in [0, 0.1) is 0 Å². The minimum atomic E-state index is 0.742. The van der Waals surface area contributed by atoms with E-state index in [1.54, 1.807) is 0 Å². The average Bonchev–Trinajstić information content (AvgIpc) is 2.95. The summed E-state index contributed by atoms with van der Waals surface area (Å²) in [6, 6.07) is 0.742. The third kappa shape index (κ3) is 3.54. The lowest BCUT2D eigenvalue weighted by molar-refractivity contribution is 0.211. The predicted octanol–water partition coefficient (Wildman–Crippen LogP) is 1.04.